The van der Waals surface area contributed by atoms with Crippen molar-refractivity contribution in [2.75, 3.05) is 9.66 Å². The fourth-order valence-electron chi connectivity index (χ4n) is 1.54. The van der Waals surface area contributed by atoms with Crippen molar-refractivity contribution in [3.8, 4) is 0 Å². The Balaban J connectivity index is 2.42. The molecule has 0 saturated heterocycles. The van der Waals surface area contributed by atoms with Crippen LogP contribution in [-0.4, -0.2) is 6.54 Å². The molecule has 0 fully saturated rings. The van der Waals surface area contributed by atoms with E-state index in [0.29, 0.717) is 0 Å². The van der Waals surface area contributed by atoms with E-state index in [9.17, 15) is 8.78 Å². The summed E-state index contributed by atoms with van der Waals surface area (Å²) >= 11 is 3.36. The second-order valence-electron chi connectivity index (χ2n) is 3.18. The largest absolute Gasteiger partial charge is 0.321 e. The quantitative estimate of drug-likeness (QED) is 0.378. The number of halogens is 4. The van der Waals surface area contributed by atoms with Crippen molar-refractivity contribution >= 4 is 51.1 Å². The first kappa shape index (κ1) is 10.8. The van der Waals surface area contributed by atoms with Crippen LogP contribution in [0.25, 0.3) is 0 Å². The molecule has 5 heteroatoms. The van der Waals surface area contributed by atoms with E-state index < -0.39 is 3.93 Å². The lowest BCUT2D eigenvalue weighted by Gasteiger charge is -2.12. The zero-order valence-corrected chi connectivity index (χ0v) is 11.4. The summed E-state index contributed by atoms with van der Waals surface area (Å²) in [5.74, 6) is 0. The lowest BCUT2D eigenvalue weighted by molar-refractivity contribution is 0.127. The molecule has 76 valence electrons. The maximum atomic E-state index is 13.0. The topological polar surface area (TPSA) is 3.24 Å². The summed E-state index contributed by atoms with van der Waals surface area (Å²) in [6.07, 6.45) is 0.860. The Morgan fingerprint density at radius 3 is 2.71 bits per heavy atom. The average molecular weight is 421 g/mol. The molecule has 0 aliphatic carbocycles. The molecule has 1 nitrogen and oxygen atoms in total. The molecule has 0 bridgehead atoms. The minimum absolute atomic E-state index is 0.101. The second-order valence-corrected chi connectivity index (χ2v) is 5.70. The molecular weight excluding hydrogens is 414 g/mol. The molecule has 14 heavy (non-hydrogen) atoms. The van der Waals surface area contributed by atoms with Gasteiger partial charge in [-0.1, -0.05) is 6.07 Å². The van der Waals surface area contributed by atoms with E-state index in [2.05, 4.69) is 26.0 Å². The number of hydrogen-bond acceptors (Lipinski definition) is 1. The van der Waals surface area contributed by atoms with Crippen LogP contribution < -0.4 is 3.11 Å². The lowest BCUT2D eigenvalue weighted by Crippen LogP contribution is -2.04. The van der Waals surface area contributed by atoms with Crippen LogP contribution in [0.5, 0.6) is 0 Å². The van der Waals surface area contributed by atoms with E-state index in [1.165, 1.54) is 6.07 Å². The molecule has 1 aromatic carbocycles. The molecule has 0 saturated carbocycles. The van der Waals surface area contributed by atoms with Crippen LogP contribution >= 0.6 is 45.5 Å². The summed E-state index contributed by atoms with van der Waals surface area (Å²) in [7, 11) is 0. The van der Waals surface area contributed by atoms with Gasteiger partial charge < -0.3 is 3.11 Å². The Labute approximate surface area is 108 Å². The number of benzene rings is 1. The van der Waals surface area contributed by atoms with Gasteiger partial charge in [0.05, 0.1) is 22.9 Å². The highest BCUT2D eigenvalue weighted by molar-refractivity contribution is 14.1. The van der Waals surface area contributed by atoms with Crippen molar-refractivity contribution in [1.82, 2.24) is 0 Å². The normalized spacial score (nSPS) is 15.9. The molecule has 0 amide bonds. The zero-order valence-electron chi connectivity index (χ0n) is 7.11. The molecule has 0 aromatic heterocycles. The van der Waals surface area contributed by atoms with Gasteiger partial charge in [0, 0.05) is 40.4 Å². The van der Waals surface area contributed by atoms with E-state index >= 15 is 0 Å². The van der Waals surface area contributed by atoms with E-state index in [-0.39, 0.29) is 5.56 Å². The maximum absolute atomic E-state index is 13.0. The first-order valence-electron chi connectivity index (χ1n) is 4.12. The van der Waals surface area contributed by atoms with Crippen LogP contribution in [0.4, 0.5) is 14.5 Å². The van der Waals surface area contributed by atoms with Gasteiger partial charge in [-0.3, -0.25) is 0 Å². The van der Waals surface area contributed by atoms with Crippen LogP contribution in [0.1, 0.15) is 11.1 Å². The van der Waals surface area contributed by atoms with Gasteiger partial charge in [0.15, 0.2) is 0 Å². The summed E-state index contributed by atoms with van der Waals surface area (Å²) in [4.78, 5) is 0. The standard InChI is InChI=1S/C9H7F2I2N/c10-9(11,12)7-1-2-8-6(5-7)3-4-14(8)13/h1-2,5H,3-4H2. The van der Waals surface area contributed by atoms with E-state index in [1.54, 1.807) is 12.1 Å². The number of nitrogens with zero attached hydrogens (tertiary/aromatic N) is 1. The van der Waals surface area contributed by atoms with Gasteiger partial charge in [0.25, 0.3) is 0 Å². The number of hydrogen-bond donors (Lipinski definition) is 0. The Morgan fingerprint density at radius 1 is 1.36 bits per heavy atom. The fraction of sp³-hybridized carbons (Fsp3) is 0.333. The van der Waals surface area contributed by atoms with E-state index in [1.807, 2.05) is 0 Å². The second kappa shape index (κ2) is 3.73. The molecule has 2 rings (SSSR count). The predicted octanol–water partition coefficient (Wildman–Crippen LogP) is 3.88. The Bertz CT molecular complexity index is 362. The smallest absolute Gasteiger partial charge is 0.314 e. The summed E-state index contributed by atoms with van der Waals surface area (Å²) in [5.41, 5.74) is 2.19. The number of alkyl halides is 3. The van der Waals surface area contributed by atoms with Gasteiger partial charge in [-0.25, -0.2) is 0 Å². The SMILES string of the molecule is FC(F)(I)c1ccc2c(c1)CCN2I. The van der Waals surface area contributed by atoms with Gasteiger partial charge in [-0.2, -0.15) is 8.78 Å². The van der Waals surface area contributed by atoms with Crippen molar-refractivity contribution in [2.24, 2.45) is 0 Å². The molecular formula is C9H7F2I2N. The molecule has 0 N–H and O–H groups in total. The molecule has 0 unspecified atom stereocenters. The first-order chi connectivity index (χ1) is 6.48. The zero-order chi connectivity index (χ0) is 10.3. The highest BCUT2D eigenvalue weighted by Crippen LogP contribution is 2.39. The van der Waals surface area contributed by atoms with Crippen molar-refractivity contribution in [3.63, 3.8) is 0 Å². The Hall–Kier alpha value is 0.340. The number of anilines is 1. The highest BCUT2D eigenvalue weighted by atomic mass is 127. The van der Waals surface area contributed by atoms with Gasteiger partial charge in [0.2, 0.25) is 0 Å². The van der Waals surface area contributed by atoms with Crippen molar-refractivity contribution < 1.29 is 8.78 Å². The number of rotatable bonds is 1. The van der Waals surface area contributed by atoms with Gasteiger partial charge >= 0.3 is 3.93 Å². The Morgan fingerprint density at radius 2 is 2.07 bits per heavy atom. The first-order valence-corrected chi connectivity index (χ1v) is 6.16. The van der Waals surface area contributed by atoms with Crippen LogP contribution in [0.2, 0.25) is 0 Å². The number of fused-ring (bicyclic) bond motifs is 1. The van der Waals surface area contributed by atoms with E-state index in [4.69, 9.17) is 0 Å². The molecule has 1 aliphatic heterocycles. The van der Waals surface area contributed by atoms with Crippen molar-refractivity contribution in [3.05, 3.63) is 29.3 Å². The van der Waals surface area contributed by atoms with Crippen LogP contribution in [0.3, 0.4) is 0 Å². The molecule has 0 atom stereocenters. The monoisotopic (exact) mass is 421 g/mol. The molecule has 1 aromatic rings. The van der Waals surface area contributed by atoms with Crippen LogP contribution in [0.15, 0.2) is 18.2 Å². The van der Waals surface area contributed by atoms with Crippen LogP contribution in [0, 0.1) is 0 Å². The summed E-state index contributed by atoms with van der Waals surface area (Å²) < 4.78 is 25.3. The highest BCUT2D eigenvalue weighted by Gasteiger charge is 2.28. The van der Waals surface area contributed by atoms with Crippen molar-refractivity contribution in [2.45, 2.75) is 10.4 Å². The Kier molecular flexibility index (Phi) is 2.89. The third kappa shape index (κ3) is 1.98. The van der Waals surface area contributed by atoms with Gasteiger partial charge in [-0.05, 0) is 24.1 Å². The molecule has 0 spiro atoms. The minimum atomic E-state index is -2.76. The third-order valence-corrected chi connectivity index (χ3v) is 3.87. The van der Waals surface area contributed by atoms with Crippen LogP contribution in [-0.2, 0) is 10.4 Å². The van der Waals surface area contributed by atoms with Gasteiger partial charge in [-0.15, -0.1) is 0 Å². The van der Waals surface area contributed by atoms with E-state index in [0.717, 1.165) is 46.8 Å². The minimum Gasteiger partial charge on any atom is -0.314 e. The fourth-order valence-corrected chi connectivity index (χ4v) is 2.59. The summed E-state index contributed by atoms with van der Waals surface area (Å²) in [6.45, 7) is 0.909. The maximum Gasteiger partial charge on any atom is 0.321 e. The molecule has 1 heterocycles. The summed E-state index contributed by atoms with van der Waals surface area (Å²) in [5, 5.41) is 0. The molecule has 1 aliphatic rings. The average Bonchev–Trinajstić information content (AvgIpc) is 2.46. The predicted molar refractivity (Wildman–Crippen MR) is 69.4 cm³/mol. The molecule has 0 radical (unpaired) electrons. The summed E-state index contributed by atoms with van der Waals surface area (Å²) in [6, 6.07) is 4.89. The lowest BCUT2D eigenvalue weighted by atomic mass is 10.1. The third-order valence-electron chi connectivity index (χ3n) is 2.25. The van der Waals surface area contributed by atoms with Gasteiger partial charge in [0.1, 0.15) is 0 Å². The van der Waals surface area contributed by atoms with Crippen molar-refractivity contribution in [1.29, 1.82) is 0 Å².